The summed E-state index contributed by atoms with van der Waals surface area (Å²) < 4.78 is 0. The predicted octanol–water partition coefficient (Wildman–Crippen LogP) is 1.21. The molecule has 2 amide bonds. The molecular formula is C11H18N2O3. The van der Waals surface area contributed by atoms with E-state index in [0.29, 0.717) is 0 Å². The zero-order valence-corrected chi connectivity index (χ0v) is 9.64. The first kappa shape index (κ1) is 12.5. The minimum atomic E-state index is -0.992. The van der Waals surface area contributed by atoms with Crippen molar-refractivity contribution in [2.45, 2.75) is 38.8 Å². The average Bonchev–Trinajstić information content (AvgIpc) is 2.65. The second-order valence-corrected chi connectivity index (χ2v) is 4.20. The van der Waals surface area contributed by atoms with Crippen LogP contribution in [0.1, 0.15) is 26.7 Å². The standard InChI is InChI=1S/C11H18N2O3/c1-8(2)13(7-10(14)15)11(16)12-9-5-3-4-6-9/h3-4,8-9H,5-7H2,1-2H3,(H,12,16)(H,14,15). The van der Waals surface area contributed by atoms with Gasteiger partial charge >= 0.3 is 12.0 Å². The van der Waals surface area contributed by atoms with Gasteiger partial charge in [0.15, 0.2) is 0 Å². The van der Waals surface area contributed by atoms with Gasteiger partial charge in [-0.05, 0) is 26.7 Å². The lowest BCUT2D eigenvalue weighted by Crippen LogP contribution is -2.49. The van der Waals surface area contributed by atoms with Gasteiger partial charge in [-0.1, -0.05) is 12.2 Å². The maximum absolute atomic E-state index is 11.8. The molecule has 0 spiro atoms. The SMILES string of the molecule is CC(C)N(CC(=O)O)C(=O)NC1CC=CC1. The number of carboxylic acids is 1. The number of aliphatic carboxylic acids is 1. The number of hydrogen-bond acceptors (Lipinski definition) is 2. The van der Waals surface area contributed by atoms with Crippen LogP contribution in [0, 0.1) is 0 Å². The van der Waals surface area contributed by atoms with Crippen LogP contribution >= 0.6 is 0 Å². The maximum atomic E-state index is 11.8. The number of carbonyl (C=O) groups excluding carboxylic acids is 1. The molecule has 0 heterocycles. The average molecular weight is 226 g/mol. The van der Waals surface area contributed by atoms with E-state index in [1.54, 1.807) is 13.8 Å². The van der Waals surface area contributed by atoms with Crippen molar-refractivity contribution in [1.29, 1.82) is 0 Å². The van der Waals surface area contributed by atoms with E-state index >= 15 is 0 Å². The first-order valence-electron chi connectivity index (χ1n) is 5.44. The van der Waals surface area contributed by atoms with Crippen LogP contribution in [0.5, 0.6) is 0 Å². The summed E-state index contributed by atoms with van der Waals surface area (Å²) in [5.41, 5.74) is 0. The van der Waals surface area contributed by atoms with Gasteiger partial charge in [0, 0.05) is 12.1 Å². The fourth-order valence-electron chi connectivity index (χ4n) is 1.63. The number of hydrogen-bond donors (Lipinski definition) is 2. The summed E-state index contributed by atoms with van der Waals surface area (Å²) in [7, 11) is 0. The van der Waals surface area contributed by atoms with Gasteiger partial charge in [0.05, 0.1) is 0 Å². The van der Waals surface area contributed by atoms with Crippen LogP contribution < -0.4 is 5.32 Å². The number of urea groups is 1. The Morgan fingerprint density at radius 3 is 2.44 bits per heavy atom. The van der Waals surface area contributed by atoms with E-state index < -0.39 is 5.97 Å². The number of carbonyl (C=O) groups is 2. The Morgan fingerprint density at radius 2 is 2.00 bits per heavy atom. The van der Waals surface area contributed by atoms with Crippen molar-refractivity contribution in [3.8, 4) is 0 Å². The lowest BCUT2D eigenvalue weighted by Gasteiger charge is -2.26. The molecule has 2 N–H and O–H groups in total. The van der Waals surface area contributed by atoms with Gasteiger partial charge in [0.1, 0.15) is 6.54 Å². The van der Waals surface area contributed by atoms with Crippen molar-refractivity contribution >= 4 is 12.0 Å². The van der Waals surface area contributed by atoms with Gasteiger partial charge in [-0.15, -0.1) is 0 Å². The predicted molar refractivity (Wildman–Crippen MR) is 60.2 cm³/mol. The molecule has 1 aliphatic rings. The van der Waals surface area contributed by atoms with E-state index in [4.69, 9.17) is 5.11 Å². The van der Waals surface area contributed by atoms with Crippen molar-refractivity contribution in [3.05, 3.63) is 12.2 Å². The van der Waals surface area contributed by atoms with Gasteiger partial charge in [0.25, 0.3) is 0 Å². The highest BCUT2D eigenvalue weighted by Crippen LogP contribution is 2.10. The van der Waals surface area contributed by atoms with E-state index in [1.165, 1.54) is 4.90 Å². The molecule has 5 nitrogen and oxygen atoms in total. The highest BCUT2D eigenvalue weighted by atomic mass is 16.4. The highest BCUT2D eigenvalue weighted by molar-refractivity contribution is 5.80. The fourth-order valence-corrected chi connectivity index (χ4v) is 1.63. The van der Waals surface area contributed by atoms with Crippen LogP contribution in [0.3, 0.4) is 0 Å². The van der Waals surface area contributed by atoms with E-state index in [0.717, 1.165) is 12.8 Å². The number of nitrogens with one attached hydrogen (secondary N) is 1. The molecule has 0 aromatic carbocycles. The van der Waals surface area contributed by atoms with Gasteiger partial charge in [0.2, 0.25) is 0 Å². The van der Waals surface area contributed by atoms with Crippen molar-refractivity contribution in [1.82, 2.24) is 10.2 Å². The van der Waals surface area contributed by atoms with Crippen LogP contribution in [0.4, 0.5) is 4.79 Å². The summed E-state index contributed by atoms with van der Waals surface area (Å²) in [5.74, 6) is -0.992. The topological polar surface area (TPSA) is 69.6 Å². The van der Waals surface area contributed by atoms with Crippen molar-refractivity contribution in [2.75, 3.05) is 6.54 Å². The monoisotopic (exact) mass is 226 g/mol. The Hall–Kier alpha value is -1.52. The molecule has 0 bridgehead atoms. The first-order valence-corrected chi connectivity index (χ1v) is 5.44. The third-order valence-electron chi connectivity index (χ3n) is 2.53. The largest absolute Gasteiger partial charge is 0.480 e. The first-order chi connectivity index (χ1) is 7.50. The molecule has 0 unspecified atom stereocenters. The molecule has 1 rings (SSSR count). The van der Waals surface area contributed by atoms with Crippen LogP contribution in [0.25, 0.3) is 0 Å². The van der Waals surface area contributed by atoms with Crippen LogP contribution in [-0.2, 0) is 4.79 Å². The van der Waals surface area contributed by atoms with Crippen LogP contribution in [0.2, 0.25) is 0 Å². The quantitative estimate of drug-likeness (QED) is 0.708. The summed E-state index contributed by atoms with van der Waals surface area (Å²) in [6.45, 7) is 3.34. The maximum Gasteiger partial charge on any atom is 0.323 e. The van der Waals surface area contributed by atoms with Gasteiger partial charge in [-0.25, -0.2) is 4.79 Å². The molecule has 0 radical (unpaired) electrons. The molecule has 90 valence electrons. The Kier molecular flexibility index (Phi) is 4.34. The summed E-state index contributed by atoms with van der Waals surface area (Å²) in [4.78, 5) is 23.7. The van der Waals surface area contributed by atoms with Crippen molar-refractivity contribution in [3.63, 3.8) is 0 Å². The number of nitrogens with zero attached hydrogens (tertiary/aromatic N) is 1. The smallest absolute Gasteiger partial charge is 0.323 e. The van der Waals surface area contributed by atoms with E-state index in [1.807, 2.05) is 12.2 Å². The number of rotatable bonds is 4. The third kappa shape index (κ3) is 3.56. The highest BCUT2D eigenvalue weighted by Gasteiger charge is 2.22. The minimum absolute atomic E-state index is 0.113. The molecule has 0 aromatic rings. The van der Waals surface area contributed by atoms with Gasteiger partial charge in [-0.2, -0.15) is 0 Å². The Labute approximate surface area is 95.1 Å². The lowest BCUT2D eigenvalue weighted by atomic mass is 10.2. The zero-order valence-electron chi connectivity index (χ0n) is 9.64. The van der Waals surface area contributed by atoms with Crippen molar-refractivity contribution in [2.24, 2.45) is 0 Å². The van der Waals surface area contributed by atoms with E-state index in [9.17, 15) is 9.59 Å². The van der Waals surface area contributed by atoms with E-state index in [2.05, 4.69) is 5.32 Å². The molecule has 1 aliphatic carbocycles. The summed E-state index contributed by atoms with van der Waals surface area (Å²) in [6.07, 6.45) is 5.68. The Morgan fingerprint density at radius 1 is 1.44 bits per heavy atom. The minimum Gasteiger partial charge on any atom is -0.480 e. The number of carboxylic acid groups (broad SMARTS) is 1. The number of amides is 2. The molecule has 16 heavy (non-hydrogen) atoms. The third-order valence-corrected chi connectivity index (χ3v) is 2.53. The van der Waals surface area contributed by atoms with Crippen molar-refractivity contribution < 1.29 is 14.7 Å². The zero-order chi connectivity index (χ0) is 12.1. The summed E-state index contributed by atoms with van der Waals surface area (Å²) in [5, 5.41) is 11.5. The fraction of sp³-hybridized carbons (Fsp3) is 0.636. The second kappa shape index (κ2) is 5.53. The molecule has 0 aliphatic heterocycles. The van der Waals surface area contributed by atoms with E-state index in [-0.39, 0.29) is 24.7 Å². The lowest BCUT2D eigenvalue weighted by molar-refractivity contribution is -0.138. The molecule has 0 fully saturated rings. The second-order valence-electron chi connectivity index (χ2n) is 4.20. The van der Waals surface area contributed by atoms with Gasteiger partial charge in [-0.3, -0.25) is 4.79 Å². The summed E-state index contributed by atoms with van der Waals surface area (Å²) in [6, 6.07) is -0.306. The summed E-state index contributed by atoms with van der Waals surface area (Å²) >= 11 is 0. The molecule has 0 saturated heterocycles. The Balaban J connectivity index is 2.49. The van der Waals surface area contributed by atoms with Crippen LogP contribution in [0.15, 0.2) is 12.2 Å². The Bertz CT molecular complexity index is 292. The molecule has 5 heteroatoms. The van der Waals surface area contributed by atoms with Crippen LogP contribution in [-0.4, -0.2) is 40.6 Å². The van der Waals surface area contributed by atoms with Gasteiger partial charge < -0.3 is 15.3 Å². The molecular weight excluding hydrogens is 208 g/mol. The molecule has 0 aromatic heterocycles. The molecule has 0 atom stereocenters. The molecule has 0 saturated carbocycles. The normalized spacial score (nSPS) is 15.4.